The third-order valence-corrected chi connectivity index (χ3v) is 5.54. The molecule has 0 aliphatic rings. The van der Waals surface area contributed by atoms with Crippen LogP contribution in [0.25, 0.3) is 0 Å². The van der Waals surface area contributed by atoms with E-state index in [1.165, 1.54) is 17.3 Å². The summed E-state index contributed by atoms with van der Waals surface area (Å²) in [5.74, 6) is 7.22. The lowest BCUT2D eigenvalue weighted by atomic mass is 10.1. The summed E-state index contributed by atoms with van der Waals surface area (Å²) in [4.78, 5) is 6.05. The van der Waals surface area contributed by atoms with Gasteiger partial charge in [-0.05, 0) is 62.9 Å². The first-order valence-corrected chi connectivity index (χ1v) is 11.2. The third kappa shape index (κ3) is 10.1. The highest BCUT2D eigenvalue weighted by Crippen LogP contribution is 2.24. The summed E-state index contributed by atoms with van der Waals surface area (Å²) in [7, 11) is 2.02. The second-order valence-electron chi connectivity index (χ2n) is 6.89. The number of hydrogen-bond donors (Lipinski definition) is 0. The highest BCUT2D eigenvalue weighted by atomic mass is 32.2. The normalized spacial score (nSPS) is 12.4. The van der Waals surface area contributed by atoms with Crippen molar-refractivity contribution in [3.63, 3.8) is 0 Å². The average Bonchev–Trinajstić information content (AvgIpc) is 2.72. The molecule has 0 aliphatic carbocycles. The maximum Gasteiger partial charge on any atom is 0.389 e. The monoisotopic (exact) mass is 436 g/mol. The van der Waals surface area contributed by atoms with Crippen molar-refractivity contribution in [2.24, 2.45) is 4.99 Å². The van der Waals surface area contributed by atoms with Crippen LogP contribution in [0.2, 0.25) is 0 Å². The Morgan fingerprint density at radius 2 is 2.03 bits per heavy atom. The third-order valence-electron chi connectivity index (χ3n) is 4.47. The minimum atomic E-state index is -4.06. The van der Waals surface area contributed by atoms with E-state index in [-0.39, 0.29) is 5.75 Å². The van der Waals surface area contributed by atoms with Crippen LogP contribution in [-0.2, 0) is 6.42 Å². The molecule has 0 bridgehead atoms. The van der Waals surface area contributed by atoms with Gasteiger partial charge in [0.15, 0.2) is 0 Å². The van der Waals surface area contributed by atoms with Gasteiger partial charge < -0.3 is 4.90 Å². The van der Waals surface area contributed by atoms with Crippen LogP contribution >= 0.6 is 11.8 Å². The molecular weight excluding hydrogens is 405 g/mol. The predicted molar refractivity (Wildman–Crippen MR) is 126 cm³/mol. The number of aryl methyl sites for hydroxylation is 1. The Bertz CT molecular complexity index is 814. The number of alkyl halides is 3. The van der Waals surface area contributed by atoms with E-state index in [1.54, 1.807) is 0 Å². The number of allylic oxidation sites excluding steroid dienone is 4. The van der Waals surface area contributed by atoms with E-state index >= 15 is 0 Å². The molecule has 0 fully saturated rings. The van der Waals surface area contributed by atoms with E-state index < -0.39 is 12.6 Å². The minimum Gasteiger partial charge on any atom is -0.374 e. The molecule has 0 N–H and O–H groups in total. The van der Waals surface area contributed by atoms with Crippen LogP contribution in [0.5, 0.6) is 0 Å². The molecular formula is C24H31F3N2S. The van der Waals surface area contributed by atoms with Crippen molar-refractivity contribution >= 4 is 24.2 Å². The van der Waals surface area contributed by atoms with Gasteiger partial charge >= 0.3 is 6.18 Å². The van der Waals surface area contributed by atoms with Crippen LogP contribution < -0.4 is 4.90 Å². The molecule has 0 unspecified atom stereocenters. The number of nitrogens with zero attached hydrogens (tertiary/aromatic N) is 2. The van der Waals surface area contributed by atoms with Gasteiger partial charge in [0.2, 0.25) is 0 Å². The quantitative estimate of drug-likeness (QED) is 0.176. The van der Waals surface area contributed by atoms with Crippen molar-refractivity contribution in [3.05, 3.63) is 52.7 Å². The second kappa shape index (κ2) is 13.2. The van der Waals surface area contributed by atoms with Crippen LogP contribution in [0.1, 0.15) is 44.7 Å². The molecule has 0 spiro atoms. The molecule has 0 amide bonds. The topological polar surface area (TPSA) is 15.6 Å². The van der Waals surface area contributed by atoms with Crippen molar-refractivity contribution in [3.8, 4) is 11.8 Å². The summed E-state index contributed by atoms with van der Waals surface area (Å²) in [6, 6.07) is 6.19. The molecule has 0 atom stereocenters. The lowest BCUT2D eigenvalue weighted by Gasteiger charge is -2.22. The molecule has 1 rings (SSSR count). The zero-order chi connectivity index (χ0) is 22.6. The fourth-order valence-corrected chi connectivity index (χ4v) is 3.63. The molecule has 0 saturated heterocycles. The Hall–Kier alpha value is -2.13. The standard InChI is InChI=1S/C24H31F3N2S/c1-6-20(17-19(3)28-4)9-10-21-11-12-22(7-2)23(18-21)29(5)14-8-15-30-16-13-24(25,26)27/h6,11-12,17-18H,4,7-8,13-16H2,1-3,5H3/b19-17-,20-6-. The van der Waals surface area contributed by atoms with Gasteiger partial charge in [0.25, 0.3) is 0 Å². The van der Waals surface area contributed by atoms with Crippen molar-refractivity contribution in [2.45, 2.75) is 46.2 Å². The van der Waals surface area contributed by atoms with E-state index in [2.05, 4.69) is 47.5 Å². The highest BCUT2D eigenvalue weighted by molar-refractivity contribution is 7.99. The average molecular weight is 437 g/mol. The Labute approximate surface area is 183 Å². The fraction of sp³-hybridized carbons (Fsp3) is 0.458. The van der Waals surface area contributed by atoms with Crippen LogP contribution in [0.4, 0.5) is 18.9 Å². The van der Waals surface area contributed by atoms with Gasteiger partial charge in [-0.2, -0.15) is 24.9 Å². The Morgan fingerprint density at radius 1 is 1.30 bits per heavy atom. The second-order valence-corrected chi connectivity index (χ2v) is 8.11. The molecule has 6 heteroatoms. The number of rotatable bonds is 10. The summed E-state index contributed by atoms with van der Waals surface area (Å²) < 4.78 is 36.6. The Kier molecular flexibility index (Phi) is 11.4. The SMILES string of the molecule is C=N/C(C)=C\C(C#Cc1ccc(CC)c(N(C)CCCSCCC(F)(F)F)c1)=C/C. The first kappa shape index (κ1) is 25.9. The van der Waals surface area contributed by atoms with Crippen LogP contribution in [-0.4, -0.2) is 38.0 Å². The molecule has 1 aromatic carbocycles. The lowest BCUT2D eigenvalue weighted by Crippen LogP contribution is -2.20. The maximum atomic E-state index is 12.2. The lowest BCUT2D eigenvalue weighted by molar-refractivity contribution is -0.129. The van der Waals surface area contributed by atoms with Gasteiger partial charge in [-0.15, -0.1) is 0 Å². The van der Waals surface area contributed by atoms with Gasteiger partial charge in [0.1, 0.15) is 0 Å². The number of anilines is 1. The summed E-state index contributed by atoms with van der Waals surface area (Å²) in [5.41, 5.74) is 4.96. The number of halogens is 3. The predicted octanol–water partition coefficient (Wildman–Crippen LogP) is 6.66. The van der Waals surface area contributed by atoms with Gasteiger partial charge in [0, 0.05) is 41.9 Å². The zero-order valence-corrected chi connectivity index (χ0v) is 19.1. The number of thioether (sulfide) groups is 1. The summed E-state index contributed by atoms with van der Waals surface area (Å²) in [6.45, 7) is 10.2. The highest BCUT2D eigenvalue weighted by Gasteiger charge is 2.25. The molecule has 30 heavy (non-hydrogen) atoms. The van der Waals surface area contributed by atoms with Gasteiger partial charge in [0.05, 0.1) is 6.42 Å². The van der Waals surface area contributed by atoms with E-state index in [0.717, 1.165) is 47.7 Å². The van der Waals surface area contributed by atoms with E-state index in [1.807, 2.05) is 39.1 Å². The van der Waals surface area contributed by atoms with Gasteiger partial charge in [-0.25, -0.2) is 0 Å². The molecule has 2 nitrogen and oxygen atoms in total. The molecule has 1 aromatic rings. The van der Waals surface area contributed by atoms with Crippen LogP contribution in [0.15, 0.2) is 46.6 Å². The van der Waals surface area contributed by atoms with E-state index in [0.29, 0.717) is 0 Å². The van der Waals surface area contributed by atoms with Gasteiger partial charge in [-0.3, -0.25) is 4.99 Å². The number of benzene rings is 1. The number of hydrogen-bond acceptors (Lipinski definition) is 3. The summed E-state index contributed by atoms with van der Waals surface area (Å²) in [5, 5.41) is 0. The molecule has 0 aromatic heterocycles. The number of aliphatic imine (C=N–C) groups is 1. The van der Waals surface area contributed by atoms with Crippen molar-refractivity contribution in [1.82, 2.24) is 0 Å². The molecule has 0 heterocycles. The van der Waals surface area contributed by atoms with Crippen molar-refractivity contribution < 1.29 is 13.2 Å². The van der Waals surface area contributed by atoms with Crippen molar-refractivity contribution in [1.29, 1.82) is 0 Å². The first-order chi connectivity index (χ1) is 14.2. The first-order valence-electron chi connectivity index (χ1n) is 10.0. The van der Waals surface area contributed by atoms with E-state index in [4.69, 9.17) is 0 Å². The van der Waals surface area contributed by atoms with Gasteiger partial charge in [-0.1, -0.05) is 30.9 Å². The summed E-state index contributed by atoms with van der Waals surface area (Å²) in [6.07, 6.45) is 0.778. The van der Waals surface area contributed by atoms with E-state index in [9.17, 15) is 13.2 Å². The Balaban J connectivity index is 2.78. The molecule has 0 saturated carbocycles. The maximum absolute atomic E-state index is 12.2. The largest absolute Gasteiger partial charge is 0.389 e. The molecule has 0 radical (unpaired) electrons. The molecule has 164 valence electrons. The summed E-state index contributed by atoms with van der Waals surface area (Å²) >= 11 is 1.36. The minimum absolute atomic E-state index is 0.126. The van der Waals surface area contributed by atoms with Crippen molar-refractivity contribution in [2.75, 3.05) is 30.0 Å². The smallest absolute Gasteiger partial charge is 0.374 e. The fourth-order valence-electron chi connectivity index (χ4n) is 2.72. The zero-order valence-electron chi connectivity index (χ0n) is 18.3. The van der Waals surface area contributed by atoms with Crippen LogP contribution in [0, 0.1) is 11.8 Å². The van der Waals surface area contributed by atoms with Crippen LogP contribution in [0.3, 0.4) is 0 Å². The molecule has 0 aliphatic heterocycles. The Morgan fingerprint density at radius 3 is 2.63 bits per heavy atom.